The molecule has 6 nitrogen and oxygen atoms in total. The zero-order valence-corrected chi connectivity index (χ0v) is 14.6. The molecule has 0 spiro atoms. The van der Waals surface area contributed by atoms with Crippen molar-refractivity contribution in [3.05, 3.63) is 52.7 Å². The molecule has 3 aromatic heterocycles. The molecule has 0 aromatic carbocycles. The van der Waals surface area contributed by atoms with Crippen LogP contribution < -0.4 is 10.9 Å². The Morgan fingerprint density at radius 3 is 2.67 bits per heavy atom. The fourth-order valence-electron chi connectivity index (χ4n) is 3.13. The van der Waals surface area contributed by atoms with Crippen LogP contribution in [0.15, 0.2) is 41.5 Å². The van der Waals surface area contributed by atoms with E-state index in [1.165, 1.54) is 0 Å². The van der Waals surface area contributed by atoms with Crippen LogP contribution in [0.3, 0.4) is 0 Å². The lowest BCUT2D eigenvalue weighted by Gasteiger charge is -2.23. The van der Waals surface area contributed by atoms with Gasteiger partial charge in [-0.2, -0.15) is 5.10 Å². The number of H-pyrrole nitrogens is 1. The standard InChI is InChI=1S/C16H17N5O.2ClH/c22-15-9-14(11-4-7-17-8-5-11)21-16(20-15)12(10-19-21)13-3-1-2-6-18-13;;/h1-3,6,9-11,17H,4-5,7-8H2,(H,20,22);2*1H. The molecule has 1 fully saturated rings. The lowest BCUT2D eigenvalue weighted by molar-refractivity contribution is 0.446. The van der Waals surface area contributed by atoms with Crippen molar-refractivity contribution in [2.24, 2.45) is 0 Å². The number of rotatable bonds is 2. The first kappa shape index (κ1) is 18.4. The van der Waals surface area contributed by atoms with Crippen LogP contribution in [-0.2, 0) is 0 Å². The number of hydrogen-bond donors (Lipinski definition) is 2. The number of hydrogen-bond acceptors (Lipinski definition) is 4. The smallest absolute Gasteiger partial charge is 0.251 e. The van der Waals surface area contributed by atoms with Crippen LogP contribution in [0.1, 0.15) is 24.5 Å². The van der Waals surface area contributed by atoms with Crippen molar-refractivity contribution < 1.29 is 0 Å². The van der Waals surface area contributed by atoms with Gasteiger partial charge in [-0.15, -0.1) is 24.8 Å². The van der Waals surface area contributed by atoms with E-state index in [2.05, 4.69) is 20.4 Å². The summed E-state index contributed by atoms with van der Waals surface area (Å²) in [6, 6.07) is 7.41. The number of fused-ring (bicyclic) bond motifs is 1. The summed E-state index contributed by atoms with van der Waals surface area (Å²) in [6.45, 7) is 1.96. The average Bonchev–Trinajstić information content (AvgIpc) is 2.99. The summed E-state index contributed by atoms with van der Waals surface area (Å²) in [7, 11) is 0. The van der Waals surface area contributed by atoms with Crippen molar-refractivity contribution in [3.8, 4) is 11.3 Å². The van der Waals surface area contributed by atoms with Crippen molar-refractivity contribution in [3.63, 3.8) is 0 Å². The van der Waals surface area contributed by atoms with Gasteiger partial charge in [-0.25, -0.2) is 4.52 Å². The molecule has 0 aliphatic carbocycles. The third-order valence-corrected chi connectivity index (χ3v) is 4.23. The lowest BCUT2D eigenvalue weighted by Crippen LogP contribution is -2.28. The summed E-state index contributed by atoms with van der Waals surface area (Å²) in [5.41, 5.74) is 3.30. The fraction of sp³-hybridized carbons (Fsp3) is 0.312. The molecule has 128 valence electrons. The number of piperidine rings is 1. The first-order chi connectivity index (χ1) is 10.8. The number of aromatic nitrogens is 4. The van der Waals surface area contributed by atoms with Crippen molar-refractivity contribution >= 4 is 30.5 Å². The average molecular weight is 368 g/mol. The molecule has 2 N–H and O–H groups in total. The molecule has 0 atom stereocenters. The largest absolute Gasteiger partial charge is 0.317 e. The van der Waals surface area contributed by atoms with E-state index in [0.717, 1.165) is 48.5 Å². The van der Waals surface area contributed by atoms with E-state index in [1.54, 1.807) is 18.5 Å². The van der Waals surface area contributed by atoms with Crippen molar-refractivity contribution in [1.82, 2.24) is 24.9 Å². The highest BCUT2D eigenvalue weighted by Gasteiger charge is 2.20. The number of pyridine rings is 1. The van der Waals surface area contributed by atoms with E-state index in [1.807, 2.05) is 22.7 Å². The summed E-state index contributed by atoms with van der Waals surface area (Å²) in [6.07, 6.45) is 5.57. The zero-order valence-electron chi connectivity index (χ0n) is 12.9. The van der Waals surface area contributed by atoms with Crippen molar-refractivity contribution in [1.29, 1.82) is 0 Å². The molecule has 1 aliphatic heterocycles. The molecule has 0 radical (unpaired) electrons. The Labute approximate surface area is 151 Å². The SMILES string of the molecule is Cl.Cl.O=c1cc(C2CCNCC2)n2ncc(-c3ccccn3)c2[nH]1. The van der Waals surface area contributed by atoms with E-state index in [9.17, 15) is 4.79 Å². The molecule has 4 rings (SSSR count). The molecule has 0 amide bonds. The quantitative estimate of drug-likeness (QED) is 0.729. The summed E-state index contributed by atoms with van der Waals surface area (Å²) in [5, 5.41) is 7.85. The van der Waals surface area contributed by atoms with Gasteiger partial charge in [0.05, 0.1) is 23.1 Å². The highest BCUT2D eigenvalue weighted by molar-refractivity contribution is 5.85. The minimum absolute atomic E-state index is 0. The lowest BCUT2D eigenvalue weighted by atomic mass is 9.94. The Hall–Kier alpha value is -1.89. The molecule has 1 aliphatic rings. The molecule has 4 heterocycles. The van der Waals surface area contributed by atoms with Crippen LogP contribution in [0.4, 0.5) is 0 Å². The van der Waals surface area contributed by atoms with Gasteiger partial charge in [-0.1, -0.05) is 6.07 Å². The van der Waals surface area contributed by atoms with E-state index in [4.69, 9.17) is 0 Å². The normalized spacial score (nSPS) is 14.8. The van der Waals surface area contributed by atoms with E-state index in [0.29, 0.717) is 5.92 Å². The molecular formula is C16H19Cl2N5O. The van der Waals surface area contributed by atoms with Gasteiger partial charge in [0.25, 0.3) is 5.56 Å². The third kappa shape index (κ3) is 3.31. The van der Waals surface area contributed by atoms with Crippen molar-refractivity contribution in [2.45, 2.75) is 18.8 Å². The molecule has 8 heteroatoms. The van der Waals surface area contributed by atoms with E-state index >= 15 is 0 Å². The Morgan fingerprint density at radius 2 is 1.96 bits per heavy atom. The topological polar surface area (TPSA) is 75.1 Å². The van der Waals surface area contributed by atoms with Gasteiger partial charge in [0.15, 0.2) is 0 Å². The minimum Gasteiger partial charge on any atom is -0.317 e. The molecule has 3 aromatic rings. The Bertz CT molecular complexity index is 856. The summed E-state index contributed by atoms with van der Waals surface area (Å²) < 4.78 is 1.86. The molecular weight excluding hydrogens is 349 g/mol. The van der Waals surface area contributed by atoms with Gasteiger partial charge >= 0.3 is 0 Å². The fourth-order valence-corrected chi connectivity index (χ4v) is 3.13. The second kappa shape index (κ2) is 7.79. The predicted octanol–water partition coefficient (Wildman–Crippen LogP) is 2.40. The van der Waals surface area contributed by atoms with Crippen LogP contribution in [0.2, 0.25) is 0 Å². The number of aromatic amines is 1. The second-order valence-electron chi connectivity index (χ2n) is 5.62. The van der Waals surface area contributed by atoms with E-state index < -0.39 is 0 Å². The molecule has 24 heavy (non-hydrogen) atoms. The van der Waals surface area contributed by atoms with Gasteiger partial charge in [-0.05, 0) is 38.1 Å². The summed E-state index contributed by atoms with van der Waals surface area (Å²) in [5.74, 6) is 0.363. The summed E-state index contributed by atoms with van der Waals surface area (Å²) >= 11 is 0. The Balaban J connectivity index is 0.00000104. The number of nitrogens with zero attached hydrogens (tertiary/aromatic N) is 3. The molecule has 0 saturated carbocycles. The molecule has 0 bridgehead atoms. The maximum absolute atomic E-state index is 12.1. The minimum atomic E-state index is -0.0845. The maximum Gasteiger partial charge on any atom is 0.251 e. The maximum atomic E-state index is 12.1. The first-order valence-electron chi connectivity index (χ1n) is 7.56. The highest BCUT2D eigenvalue weighted by atomic mass is 35.5. The Morgan fingerprint density at radius 1 is 1.17 bits per heavy atom. The Kier molecular flexibility index (Phi) is 5.99. The number of nitrogens with one attached hydrogen (secondary N) is 2. The highest BCUT2D eigenvalue weighted by Crippen LogP contribution is 2.27. The number of halogens is 2. The van der Waals surface area contributed by atoms with Crippen LogP contribution >= 0.6 is 24.8 Å². The van der Waals surface area contributed by atoms with Gasteiger partial charge in [0.2, 0.25) is 0 Å². The van der Waals surface area contributed by atoms with E-state index in [-0.39, 0.29) is 30.4 Å². The summed E-state index contributed by atoms with van der Waals surface area (Å²) in [4.78, 5) is 19.4. The third-order valence-electron chi connectivity index (χ3n) is 4.23. The first-order valence-corrected chi connectivity index (χ1v) is 7.56. The van der Waals surface area contributed by atoms with Gasteiger partial charge in [0, 0.05) is 18.2 Å². The van der Waals surface area contributed by atoms with Gasteiger partial charge in [0.1, 0.15) is 5.65 Å². The van der Waals surface area contributed by atoms with Crippen LogP contribution in [0, 0.1) is 0 Å². The second-order valence-corrected chi connectivity index (χ2v) is 5.62. The molecule has 0 unspecified atom stereocenters. The van der Waals surface area contributed by atoms with Crippen LogP contribution in [0.25, 0.3) is 16.9 Å². The van der Waals surface area contributed by atoms with Gasteiger partial charge in [-0.3, -0.25) is 9.78 Å². The van der Waals surface area contributed by atoms with Crippen LogP contribution in [-0.4, -0.2) is 32.7 Å². The van der Waals surface area contributed by atoms with Crippen LogP contribution in [0.5, 0.6) is 0 Å². The zero-order chi connectivity index (χ0) is 14.9. The molecule has 1 saturated heterocycles. The van der Waals surface area contributed by atoms with Crippen molar-refractivity contribution in [2.75, 3.05) is 13.1 Å². The monoisotopic (exact) mass is 367 g/mol. The predicted molar refractivity (Wildman–Crippen MR) is 98.4 cm³/mol. The van der Waals surface area contributed by atoms with Gasteiger partial charge < -0.3 is 10.3 Å².